The van der Waals surface area contributed by atoms with Crippen LogP contribution in [0.2, 0.25) is 5.02 Å². The highest BCUT2D eigenvalue weighted by Crippen LogP contribution is 2.47. The van der Waals surface area contributed by atoms with E-state index in [0.29, 0.717) is 97.6 Å². The molecule has 4 heterocycles. The zero-order valence-corrected chi connectivity index (χ0v) is 31.9. The third-order valence-electron chi connectivity index (χ3n) is 12.1. The second-order valence-electron chi connectivity index (χ2n) is 15.4. The average molecular weight is 796 g/mol. The number of rotatable bonds is 10. The number of pyridine rings is 1. The Balaban J connectivity index is 1.01. The predicted octanol–water partition coefficient (Wildman–Crippen LogP) is 8.05. The molecular weight excluding hydrogens is 756 g/mol. The lowest BCUT2D eigenvalue weighted by Gasteiger charge is -2.24. The lowest BCUT2D eigenvalue weighted by molar-refractivity contribution is -0.141. The highest BCUT2D eigenvalue weighted by atomic mass is 35.5. The number of aromatic nitrogens is 2. The zero-order valence-electron chi connectivity index (χ0n) is 31.2. The smallest absolute Gasteiger partial charge is 0.307 e. The molecule has 57 heavy (non-hydrogen) atoms. The summed E-state index contributed by atoms with van der Waals surface area (Å²) >= 11 is 7.19. The number of aliphatic hydroxyl groups excluding tert-OH is 1. The lowest BCUT2D eigenvalue weighted by atomic mass is 9.95. The molecule has 294 valence electrons. The number of alkyl halides is 2. The van der Waals surface area contributed by atoms with Gasteiger partial charge in [0.2, 0.25) is 17.7 Å². The van der Waals surface area contributed by atoms with E-state index in [-0.39, 0.29) is 29.3 Å². The highest BCUT2D eigenvalue weighted by Gasteiger charge is 2.38. The van der Waals surface area contributed by atoms with Gasteiger partial charge < -0.3 is 24.1 Å². The number of aliphatic hydroxyl groups is 1. The molecule has 2 aliphatic heterocycles. The normalized spacial score (nSPS) is 22.0. The number of methoxy groups -OCH3 is 1. The van der Waals surface area contributed by atoms with Gasteiger partial charge in [-0.3, -0.25) is 14.6 Å². The van der Waals surface area contributed by atoms with Crippen molar-refractivity contribution in [2.24, 2.45) is 5.92 Å². The van der Waals surface area contributed by atoms with Crippen LogP contribution in [0, 0.1) is 17.2 Å². The minimum atomic E-state index is -2.83. The van der Waals surface area contributed by atoms with Gasteiger partial charge in [-0.25, -0.2) is 13.8 Å². The van der Waals surface area contributed by atoms with Crippen LogP contribution >= 0.6 is 11.6 Å². The van der Waals surface area contributed by atoms with Gasteiger partial charge in [0.1, 0.15) is 23.3 Å². The van der Waals surface area contributed by atoms with Crippen molar-refractivity contribution in [3.63, 3.8) is 0 Å². The number of carboxylic acids is 1. The van der Waals surface area contributed by atoms with Crippen LogP contribution < -0.4 is 9.47 Å². The van der Waals surface area contributed by atoms with Crippen LogP contribution in [0.4, 0.5) is 8.78 Å². The number of fused-ring (bicyclic) bond motifs is 3. The summed E-state index contributed by atoms with van der Waals surface area (Å²) in [7, 11) is 1.45. The maximum absolute atomic E-state index is 14.5. The van der Waals surface area contributed by atoms with Crippen LogP contribution in [0.3, 0.4) is 0 Å². The molecule has 0 spiro atoms. The topological polar surface area (TPSA) is 145 Å². The van der Waals surface area contributed by atoms with E-state index in [9.17, 15) is 29.1 Å². The van der Waals surface area contributed by atoms with E-state index in [0.717, 1.165) is 39.8 Å². The largest absolute Gasteiger partial charge is 0.481 e. The van der Waals surface area contributed by atoms with E-state index in [1.54, 1.807) is 0 Å². The molecule has 2 N–H and O–H groups in total. The molecule has 9 rings (SSSR count). The summed E-state index contributed by atoms with van der Waals surface area (Å²) in [5.41, 5.74) is 7.49. The molecule has 4 atom stereocenters. The van der Waals surface area contributed by atoms with Gasteiger partial charge in [-0.15, -0.1) is 0 Å². The summed E-state index contributed by atoms with van der Waals surface area (Å²) in [6.07, 6.45) is 0.0337. The molecule has 2 fully saturated rings. The zero-order chi connectivity index (χ0) is 39.5. The van der Waals surface area contributed by atoms with Crippen LogP contribution in [0.15, 0.2) is 52.9 Å². The molecule has 2 aliphatic carbocycles. The van der Waals surface area contributed by atoms with Crippen LogP contribution in [-0.4, -0.2) is 75.3 Å². The van der Waals surface area contributed by atoms with Gasteiger partial charge in [0.05, 0.1) is 35.3 Å². The summed E-state index contributed by atoms with van der Waals surface area (Å²) in [5.74, 6) is -0.873. The molecule has 2 aromatic heterocycles. The Morgan fingerprint density at radius 1 is 1.00 bits per heavy atom. The van der Waals surface area contributed by atoms with Crippen LogP contribution in [-0.2, 0) is 24.2 Å². The number of halogens is 3. The SMILES string of the molecule is COc1nc(O[C@H]2CCc3c(-c4cccc(-c5nc6cc7c(c(C#N)c6o5)CC[C@H]7N5CC[C@@H](C(=O)O)C5)c4Cl)cccc32)c(C(F)F)cc1CN1CC[C@@H](O)C1. The number of nitriles is 1. The summed E-state index contributed by atoms with van der Waals surface area (Å²) in [6, 6.07) is 17.1. The molecule has 3 aromatic carbocycles. The van der Waals surface area contributed by atoms with Crippen molar-refractivity contribution in [1.29, 1.82) is 5.26 Å². The first kappa shape index (κ1) is 37.4. The van der Waals surface area contributed by atoms with Gasteiger partial charge in [-0.1, -0.05) is 41.9 Å². The number of aliphatic carboxylic acids is 1. The fraction of sp³-hybridized carbons (Fsp3) is 0.395. The minimum Gasteiger partial charge on any atom is -0.481 e. The van der Waals surface area contributed by atoms with E-state index >= 15 is 0 Å². The van der Waals surface area contributed by atoms with Crippen molar-refractivity contribution >= 4 is 28.7 Å². The third kappa shape index (κ3) is 6.68. The van der Waals surface area contributed by atoms with Crippen LogP contribution in [0.5, 0.6) is 11.8 Å². The quantitative estimate of drug-likeness (QED) is 0.142. The Morgan fingerprint density at radius 3 is 2.53 bits per heavy atom. The first-order chi connectivity index (χ1) is 27.6. The molecule has 0 bridgehead atoms. The van der Waals surface area contributed by atoms with Gasteiger partial charge in [0.25, 0.3) is 6.43 Å². The molecular formula is C43H40ClF2N5O6. The number of β-amino-alcohol motifs (C(OH)–C–C–N with tert-alkyl or cyclic N) is 1. The van der Waals surface area contributed by atoms with E-state index in [4.69, 9.17) is 30.5 Å². The van der Waals surface area contributed by atoms with Gasteiger partial charge in [-0.2, -0.15) is 10.2 Å². The fourth-order valence-corrected chi connectivity index (χ4v) is 9.63. The summed E-state index contributed by atoms with van der Waals surface area (Å²) in [5, 5.41) is 30.3. The van der Waals surface area contributed by atoms with Crippen LogP contribution in [0.1, 0.15) is 83.2 Å². The number of oxazole rings is 1. The van der Waals surface area contributed by atoms with Crippen molar-refractivity contribution in [3.8, 4) is 40.4 Å². The summed E-state index contributed by atoms with van der Waals surface area (Å²) < 4.78 is 47.2. The van der Waals surface area contributed by atoms with Gasteiger partial charge >= 0.3 is 5.97 Å². The van der Waals surface area contributed by atoms with Crippen molar-refractivity contribution < 1.29 is 37.7 Å². The molecule has 2 saturated heterocycles. The first-order valence-corrected chi connectivity index (χ1v) is 19.7. The van der Waals surface area contributed by atoms with Crippen molar-refractivity contribution in [1.82, 2.24) is 19.8 Å². The Hall–Kier alpha value is -5.13. The molecule has 4 aliphatic rings. The van der Waals surface area contributed by atoms with E-state index in [1.165, 1.54) is 13.2 Å². The van der Waals surface area contributed by atoms with E-state index in [1.807, 2.05) is 47.4 Å². The van der Waals surface area contributed by atoms with Gasteiger partial charge in [-0.05, 0) is 91.1 Å². The summed E-state index contributed by atoms with van der Waals surface area (Å²) in [6.45, 7) is 2.59. The third-order valence-corrected chi connectivity index (χ3v) is 12.5. The number of nitrogens with zero attached hydrogens (tertiary/aromatic N) is 5. The number of ether oxygens (including phenoxy) is 2. The molecule has 0 unspecified atom stereocenters. The molecule has 0 radical (unpaired) electrons. The molecule has 0 saturated carbocycles. The summed E-state index contributed by atoms with van der Waals surface area (Å²) in [4.78, 5) is 25.1. The highest BCUT2D eigenvalue weighted by molar-refractivity contribution is 6.36. The number of hydrogen-bond donors (Lipinski definition) is 2. The maximum atomic E-state index is 14.5. The molecule has 0 amide bonds. The second kappa shape index (κ2) is 15.0. The number of hydrogen-bond acceptors (Lipinski definition) is 10. The number of carboxylic acid groups (broad SMARTS) is 1. The molecule has 5 aromatic rings. The van der Waals surface area contributed by atoms with Crippen LogP contribution in [0.25, 0.3) is 33.7 Å². The number of likely N-dealkylation sites (tertiary alicyclic amines) is 2. The minimum absolute atomic E-state index is 0.00987. The standard InChI is InChI=1S/C43H40ClF2N5O6/c1-55-40-23(19-50-14-13-24(52)21-50)16-32(39(45)46)42(49-40)56-36-11-9-26-25(4-2-5-28(26)36)29-6-3-7-30(37(29)44)41-48-34-17-31-27(33(18-47)38(34)57-41)8-10-35(31)51-15-12-22(20-51)43(53)54/h2-7,16-17,22,24,35-36,39,52H,8-15,19-21H2,1H3,(H,53,54)/t22-,24-,35-,36+/m1/s1. The maximum Gasteiger partial charge on any atom is 0.307 e. The Labute approximate surface area is 332 Å². The fourth-order valence-electron chi connectivity index (χ4n) is 9.32. The Bertz CT molecular complexity index is 2450. The average Bonchev–Trinajstić information content (AvgIpc) is 4.05. The van der Waals surface area contributed by atoms with Crippen molar-refractivity contribution in [2.45, 2.75) is 69.7 Å². The Kier molecular flexibility index (Phi) is 9.85. The molecule has 14 heteroatoms. The number of carbonyl (C=O) groups is 1. The predicted molar refractivity (Wildman–Crippen MR) is 206 cm³/mol. The lowest BCUT2D eigenvalue weighted by Crippen LogP contribution is -2.26. The van der Waals surface area contributed by atoms with Crippen molar-refractivity contribution in [2.75, 3.05) is 33.3 Å². The molecule has 11 nitrogen and oxygen atoms in total. The van der Waals surface area contributed by atoms with E-state index in [2.05, 4.69) is 16.0 Å². The van der Waals surface area contributed by atoms with Gasteiger partial charge in [0.15, 0.2) is 5.58 Å². The number of benzene rings is 3. The van der Waals surface area contributed by atoms with Gasteiger partial charge in [0, 0.05) is 43.3 Å². The monoisotopic (exact) mass is 795 g/mol. The van der Waals surface area contributed by atoms with E-state index < -0.39 is 30.5 Å². The van der Waals surface area contributed by atoms with Crippen molar-refractivity contribution in [3.05, 3.63) is 92.5 Å². The first-order valence-electron chi connectivity index (χ1n) is 19.3. The second-order valence-corrected chi connectivity index (χ2v) is 15.8. The Morgan fingerprint density at radius 2 is 1.79 bits per heavy atom.